The number of rotatable bonds is 5. The van der Waals surface area contributed by atoms with Gasteiger partial charge in [-0.1, -0.05) is 0 Å². The van der Waals surface area contributed by atoms with E-state index in [0.717, 1.165) is 21.8 Å². The number of alkyl halides is 3. The van der Waals surface area contributed by atoms with Crippen molar-refractivity contribution in [2.24, 2.45) is 0 Å². The van der Waals surface area contributed by atoms with Crippen LogP contribution in [0.25, 0.3) is 0 Å². The van der Waals surface area contributed by atoms with Crippen LogP contribution >= 0.6 is 0 Å². The molecule has 0 atom stereocenters. The maximum atomic E-state index is 12.3. The van der Waals surface area contributed by atoms with Gasteiger partial charge in [0.1, 0.15) is 6.54 Å². The monoisotopic (exact) mass is 279 g/mol. The molecule has 0 bridgehead atoms. The molecule has 1 amide bonds. The number of hydrogen-bond donors (Lipinski definition) is 1. The molecule has 0 aliphatic rings. The summed E-state index contributed by atoms with van der Waals surface area (Å²) in [5, 5.41) is 11.7. The summed E-state index contributed by atoms with van der Waals surface area (Å²) in [6, 6.07) is 0.768. The number of carboxylic acid groups (broad SMARTS) is 1. The molecule has 0 fully saturated rings. The van der Waals surface area contributed by atoms with Crippen LogP contribution in [-0.2, 0) is 22.3 Å². The van der Waals surface area contributed by atoms with Crippen LogP contribution in [0, 0.1) is 0 Å². The summed E-state index contributed by atoms with van der Waals surface area (Å²) in [6.45, 7) is -0.381. The number of likely N-dealkylation sites (N-methyl/N-ethyl adjacent to an activating group) is 1. The molecule has 1 rings (SSSR count). The van der Waals surface area contributed by atoms with Gasteiger partial charge in [-0.3, -0.25) is 14.3 Å². The highest BCUT2D eigenvalue weighted by molar-refractivity contribution is 5.76. The normalized spacial score (nSPS) is 11.4. The average molecular weight is 279 g/mol. The first-order valence-electron chi connectivity index (χ1n) is 5.26. The van der Waals surface area contributed by atoms with E-state index in [9.17, 15) is 22.8 Å². The Morgan fingerprint density at radius 1 is 1.47 bits per heavy atom. The zero-order chi connectivity index (χ0) is 14.6. The quantitative estimate of drug-likeness (QED) is 0.866. The van der Waals surface area contributed by atoms with Gasteiger partial charge < -0.3 is 10.0 Å². The first-order chi connectivity index (χ1) is 8.70. The van der Waals surface area contributed by atoms with Crippen LogP contribution in [0.1, 0.15) is 12.1 Å². The Labute approximate surface area is 106 Å². The van der Waals surface area contributed by atoms with Gasteiger partial charge in [-0.2, -0.15) is 18.3 Å². The van der Waals surface area contributed by atoms with Gasteiger partial charge >= 0.3 is 12.1 Å². The molecule has 106 valence electrons. The number of nitrogens with zero attached hydrogens (tertiary/aromatic N) is 3. The van der Waals surface area contributed by atoms with Crippen LogP contribution < -0.4 is 0 Å². The third-order valence-corrected chi connectivity index (χ3v) is 2.32. The summed E-state index contributed by atoms with van der Waals surface area (Å²) >= 11 is 0. The fourth-order valence-corrected chi connectivity index (χ4v) is 1.25. The number of aliphatic carboxylic acids is 1. The molecule has 1 heterocycles. The molecule has 0 aliphatic heterocycles. The molecule has 1 aromatic heterocycles. The zero-order valence-electron chi connectivity index (χ0n) is 10.0. The summed E-state index contributed by atoms with van der Waals surface area (Å²) in [7, 11) is 1.37. The maximum absolute atomic E-state index is 12.3. The lowest BCUT2D eigenvalue weighted by Crippen LogP contribution is -2.32. The molecule has 0 aliphatic carbocycles. The van der Waals surface area contributed by atoms with Gasteiger partial charge in [0.25, 0.3) is 0 Å². The van der Waals surface area contributed by atoms with E-state index in [1.807, 2.05) is 0 Å². The molecule has 0 unspecified atom stereocenters. The Morgan fingerprint density at radius 2 is 2.11 bits per heavy atom. The largest absolute Gasteiger partial charge is 0.481 e. The van der Waals surface area contributed by atoms with E-state index in [1.54, 1.807) is 0 Å². The number of amides is 1. The predicted octanol–water partition coefficient (Wildman–Crippen LogP) is 0.835. The number of hydrogen-bond acceptors (Lipinski definition) is 3. The number of carboxylic acids is 1. The minimum absolute atomic E-state index is 0.0123. The lowest BCUT2D eigenvalue weighted by atomic mass is 10.4. The molecule has 9 heteroatoms. The van der Waals surface area contributed by atoms with Crippen molar-refractivity contribution in [3.8, 4) is 0 Å². The Hall–Kier alpha value is -2.06. The van der Waals surface area contributed by atoms with Gasteiger partial charge in [0.2, 0.25) is 5.91 Å². The van der Waals surface area contributed by atoms with Gasteiger partial charge in [-0.15, -0.1) is 0 Å². The lowest BCUT2D eigenvalue weighted by molar-refractivity contribution is -0.142. The highest BCUT2D eigenvalue weighted by atomic mass is 19.4. The van der Waals surface area contributed by atoms with Gasteiger partial charge in [-0.25, -0.2) is 0 Å². The van der Waals surface area contributed by atoms with Gasteiger partial charge in [-0.05, 0) is 6.07 Å². The second-order valence-electron chi connectivity index (χ2n) is 3.86. The molecule has 6 nitrogen and oxygen atoms in total. The summed E-state index contributed by atoms with van der Waals surface area (Å²) in [6.07, 6.45) is -3.73. The van der Waals surface area contributed by atoms with Crippen molar-refractivity contribution in [2.75, 3.05) is 13.6 Å². The van der Waals surface area contributed by atoms with E-state index < -0.39 is 23.7 Å². The highest BCUT2D eigenvalue weighted by Gasteiger charge is 2.33. The van der Waals surface area contributed by atoms with Crippen molar-refractivity contribution in [3.05, 3.63) is 18.0 Å². The molecule has 1 aromatic rings. The topological polar surface area (TPSA) is 75.4 Å². The molecule has 1 N–H and O–H groups in total. The highest BCUT2D eigenvalue weighted by Crippen LogP contribution is 2.27. The Balaban J connectivity index is 2.57. The summed E-state index contributed by atoms with van der Waals surface area (Å²) in [4.78, 5) is 23.0. The first kappa shape index (κ1) is 15.0. The molecule has 0 saturated heterocycles. The van der Waals surface area contributed by atoms with Crippen molar-refractivity contribution < 1.29 is 27.9 Å². The third-order valence-electron chi connectivity index (χ3n) is 2.32. The van der Waals surface area contributed by atoms with Crippen molar-refractivity contribution in [2.45, 2.75) is 19.1 Å². The maximum Gasteiger partial charge on any atom is 0.435 e. The average Bonchev–Trinajstić information content (AvgIpc) is 2.73. The zero-order valence-corrected chi connectivity index (χ0v) is 10.0. The second kappa shape index (κ2) is 5.72. The number of aromatic nitrogens is 2. The first-order valence-corrected chi connectivity index (χ1v) is 5.26. The fourth-order valence-electron chi connectivity index (χ4n) is 1.25. The van der Waals surface area contributed by atoms with E-state index in [-0.39, 0.29) is 19.5 Å². The molecule has 0 radical (unpaired) electrons. The summed E-state index contributed by atoms with van der Waals surface area (Å²) in [5.74, 6) is -1.57. The molecule has 0 spiro atoms. The Kier molecular flexibility index (Phi) is 4.52. The van der Waals surface area contributed by atoms with Crippen molar-refractivity contribution in [1.29, 1.82) is 0 Å². The van der Waals surface area contributed by atoms with Gasteiger partial charge in [0, 0.05) is 19.8 Å². The van der Waals surface area contributed by atoms with E-state index in [2.05, 4.69) is 5.10 Å². The van der Waals surface area contributed by atoms with Gasteiger partial charge in [0.15, 0.2) is 5.69 Å². The molecule has 0 saturated carbocycles. The van der Waals surface area contributed by atoms with Crippen molar-refractivity contribution in [1.82, 2.24) is 14.7 Å². The van der Waals surface area contributed by atoms with E-state index in [4.69, 9.17) is 5.11 Å². The van der Waals surface area contributed by atoms with Crippen LogP contribution in [0.2, 0.25) is 0 Å². The molecular formula is C10H12F3N3O3. The summed E-state index contributed by atoms with van der Waals surface area (Å²) in [5.41, 5.74) is -1.08. The third kappa shape index (κ3) is 4.60. The Morgan fingerprint density at radius 3 is 2.58 bits per heavy atom. The van der Waals surface area contributed by atoms with Gasteiger partial charge in [0.05, 0.1) is 6.42 Å². The van der Waals surface area contributed by atoms with Crippen LogP contribution in [0.4, 0.5) is 13.2 Å². The standard InChI is InChI=1S/C10H12F3N3O3/c1-15(4-3-9(18)19)8(17)6-16-5-2-7(14-16)10(11,12)13/h2,5H,3-4,6H2,1H3,(H,18,19). The van der Waals surface area contributed by atoms with Crippen molar-refractivity contribution >= 4 is 11.9 Å². The van der Waals surface area contributed by atoms with E-state index in [0.29, 0.717) is 0 Å². The molecular weight excluding hydrogens is 267 g/mol. The lowest BCUT2D eigenvalue weighted by Gasteiger charge is -2.15. The summed E-state index contributed by atoms with van der Waals surface area (Å²) < 4.78 is 37.7. The Bertz CT molecular complexity index is 470. The SMILES string of the molecule is CN(CCC(=O)O)C(=O)Cn1ccc(C(F)(F)F)n1. The molecule has 19 heavy (non-hydrogen) atoms. The minimum atomic E-state index is -4.55. The van der Waals surface area contributed by atoms with Crippen LogP contribution in [0.5, 0.6) is 0 Å². The minimum Gasteiger partial charge on any atom is -0.481 e. The second-order valence-corrected chi connectivity index (χ2v) is 3.86. The number of carbonyl (C=O) groups excluding carboxylic acids is 1. The number of halogens is 3. The van der Waals surface area contributed by atoms with E-state index in [1.165, 1.54) is 7.05 Å². The van der Waals surface area contributed by atoms with E-state index >= 15 is 0 Å². The predicted molar refractivity (Wildman–Crippen MR) is 57.1 cm³/mol. The smallest absolute Gasteiger partial charge is 0.435 e. The van der Waals surface area contributed by atoms with Crippen LogP contribution in [-0.4, -0.2) is 45.3 Å². The van der Waals surface area contributed by atoms with Crippen molar-refractivity contribution in [3.63, 3.8) is 0 Å². The van der Waals surface area contributed by atoms with Crippen LogP contribution in [0.3, 0.4) is 0 Å². The molecule has 0 aromatic carbocycles. The van der Waals surface area contributed by atoms with Crippen LogP contribution in [0.15, 0.2) is 12.3 Å². The fraction of sp³-hybridized carbons (Fsp3) is 0.500. The number of carbonyl (C=O) groups is 2.